The van der Waals surface area contributed by atoms with Gasteiger partial charge in [0.1, 0.15) is 5.82 Å². The average Bonchev–Trinajstić information content (AvgIpc) is 2.88. The van der Waals surface area contributed by atoms with Gasteiger partial charge < -0.3 is 10.6 Å². The summed E-state index contributed by atoms with van der Waals surface area (Å²) in [6, 6.07) is 10.3. The van der Waals surface area contributed by atoms with E-state index in [4.69, 9.17) is 28.9 Å². The lowest BCUT2D eigenvalue weighted by Gasteiger charge is -2.39. The smallest absolute Gasteiger partial charge is 0.254 e. The topological polar surface area (TPSA) is 46.3 Å². The largest absolute Gasteiger partial charge is 0.396 e. The van der Waals surface area contributed by atoms with E-state index in [0.717, 1.165) is 31.2 Å². The van der Waals surface area contributed by atoms with E-state index in [1.165, 1.54) is 12.1 Å². The van der Waals surface area contributed by atoms with Gasteiger partial charge in [-0.25, -0.2) is 4.39 Å². The van der Waals surface area contributed by atoms with Crippen molar-refractivity contribution in [1.82, 2.24) is 4.90 Å². The van der Waals surface area contributed by atoms with Crippen molar-refractivity contribution in [2.75, 3.05) is 5.73 Å². The SMILES string of the molecule is Nc1c(Cl)cc(C(=O)N2C3CCC2CC(c2ccc(F)cc2)C3)cc1Cl. The van der Waals surface area contributed by atoms with Crippen LogP contribution in [0.15, 0.2) is 36.4 Å². The molecule has 6 heteroatoms. The van der Waals surface area contributed by atoms with E-state index in [-0.39, 0.29) is 23.8 Å². The predicted octanol–water partition coefficient (Wildman–Crippen LogP) is 5.27. The maximum atomic E-state index is 13.2. The zero-order valence-corrected chi connectivity index (χ0v) is 15.6. The molecule has 26 heavy (non-hydrogen) atoms. The second-order valence-corrected chi connectivity index (χ2v) is 7.99. The van der Waals surface area contributed by atoms with E-state index in [1.54, 1.807) is 12.1 Å². The molecule has 0 aliphatic carbocycles. The second kappa shape index (κ2) is 6.75. The number of fused-ring (bicyclic) bond motifs is 2. The van der Waals surface area contributed by atoms with E-state index < -0.39 is 0 Å². The number of hydrogen-bond acceptors (Lipinski definition) is 2. The third kappa shape index (κ3) is 3.06. The summed E-state index contributed by atoms with van der Waals surface area (Å²) in [5.41, 5.74) is 7.69. The van der Waals surface area contributed by atoms with Crippen LogP contribution in [0.3, 0.4) is 0 Å². The van der Waals surface area contributed by atoms with Crippen molar-refractivity contribution in [2.24, 2.45) is 0 Å². The van der Waals surface area contributed by atoms with Crippen LogP contribution in [0.2, 0.25) is 10.0 Å². The predicted molar refractivity (Wildman–Crippen MR) is 102 cm³/mol. The summed E-state index contributed by atoms with van der Waals surface area (Å²) in [6.45, 7) is 0. The highest BCUT2D eigenvalue weighted by Crippen LogP contribution is 2.44. The fourth-order valence-corrected chi connectivity index (χ4v) is 4.86. The zero-order valence-electron chi connectivity index (χ0n) is 14.1. The van der Waals surface area contributed by atoms with Crippen LogP contribution in [-0.2, 0) is 0 Å². The van der Waals surface area contributed by atoms with Crippen LogP contribution in [-0.4, -0.2) is 22.9 Å². The van der Waals surface area contributed by atoms with Crippen molar-refractivity contribution >= 4 is 34.8 Å². The number of hydrogen-bond donors (Lipinski definition) is 1. The number of anilines is 1. The first kappa shape index (κ1) is 17.6. The number of carbonyl (C=O) groups is 1. The fraction of sp³-hybridized carbons (Fsp3) is 0.350. The lowest BCUT2D eigenvalue weighted by molar-refractivity contribution is 0.0571. The first-order valence-corrected chi connectivity index (χ1v) is 9.52. The Morgan fingerprint density at radius 2 is 1.58 bits per heavy atom. The van der Waals surface area contributed by atoms with Gasteiger partial charge >= 0.3 is 0 Å². The van der Waals surface area contributed by atoms with Crippen molar-refractivity contribution in [3.63, 3.8) is 0 Å². The molecular formula is C20H19Cl2FN2O. The number of nitrogens with zero attached hydrogens (tertiary/aromatic N) is 1. The Balaban J connectivity index is 1.56. The van der Waals surface area contributed by atoms with E-state index in [9.17, 15) is 9.18 Å². The van der Waals surface area contributed by atoms with Crippen molar-refractivity contribution in [1.29, 1.82) is 0 Å². The molecule has 2 N–H and O–H groups in total. The molecule has 2 saturated heterocycles. The van der Waals surface area contributed by atoms with Crippen LogP contribution in [0.5, 0.6) is 0 Å². The highest BCUT2D eigenvalue weighted by molar-refractivity contribution is 6.39. The van der Waals surface area contributed by atoms with E-state index in [2.05, 4.69) is 0 Å². The van der Waals surface area contributed by atoms with Crippen LogP contribution in [0, 0.1) is 5.82 Å². The van der Waals surface area contributed by atoms with Crippen molar-refractivity contribution in [3.8, 4) is 0 Å². The lowest BCUT2D eigenvalue weighted by atomic mass is 9.85. The third-order valence-corrected chi connectivity index (χ3v) is 6.26. The van der Waals surface area contributed by atoms with Gasteiger partial charge in [0.15, 0.2) is 0 Å². The number of benzene rings is 2. The Kier molecular flexibility index (Phi) is 4.57. The number of rotatable bonds is 2. The van der Waals surface area contributed by atoms with Crippen molar-refractivity contribution in [3.05, 3.63) is 63.4 Å². The van der Waals surface area contributed by atoms with Crippen LogP contribution in [0.4, 0.5) is 10.1 Å². The van der Waals surface area contributed by atoms with Gasteiger partial charge in [0.25, 0.3) is 5.91 Å². The summed E-state index contributed by atoms with van der Waals surface area (Å²) in [5, 5.41) is 0.601. The van der Waals surface area contributed by atoms with Gasteiger partial charge in [-0.2, -0.15) is 0 Å². The maximum absolute atomic E-state index is 13.2. The normalized spacial score (nSPS) is 24.7. The molecule has 4 rings (SSSR count). The summed E-state index contributed by atoms with van der Waals surface area (Å²) >= 11 is 12.2. The van der Waals surface area contributed by atoms with Crippen LogP contribution in [0.25, 0.3) is 0 Å². The molecule has 2 fully saturated rings. The summed E-state index contributed by atoms with van der Waals surface area (Å²) in [4.78, 5) is 15.1. The molecule has 2 aromatic rings. The lowest BCUT2D eigenvalue weighted by Crippen LogP contribution is -2.46. The number of amides is 1. The van der Waals surface area contributed by atoms with Gasteiger partial charge in [-0.05, 0) is 61.4 Å². The molecule has 0 aromatic heterocycles. The number of piperidine rings is 1. The molecule has 2 bridgehead atoms. The molecule has 2 heterocycles. The standard InChI is InChI=1S/C20H19Cl2FN2O/c21-17-9-13(10-18(22)19(17)24)20(26)25-15-5-6-16(25)8-12(7-15)11-1-3-14(23)4-2-11/h1-4,9-10,12,15-16H,5-8,24H2. The fourth-order valence-electron chi connectivity index (χ4n) is 4.37. The molecule has 2 aliphatic heterocycles. The van der Waals surface area contributed by atoms with E-state index >= 15 is 0 Å². The Bertz CT molecular complexity index is 818. The van der Waals surface area contributed by atoms with Crippen molar-refractivity contribution in [2.45, 2.75) is 43.7 Å². The molecular weight excluding hydrogens is 374 g/mol. The van der Waals surface area contributed by atoms with Crippen LogP contribution < -0.4 is 5.73 Å². The first-order chi connectivity index (χ1) is 12.4. The number of nitrogens with two attached hydrogens (primary N) is 1. The van der Waals surface area contributed by atoms with Gasteiger partial charge in [0, 0.05) is 17.6 Å². The molecule has 0 radical (unpaired) electrons. The molecule has 0 saturated carbocycles. The maximum Gasteiger partial charge on any atom is 0.254 e. The van der Waals surface area contributed by atoms with E-state index in [1.807, 2.05) is 17.0 Å². The molecule has 2 unspecified atom stereocenters. The van der Waals surface area contributed by atoms with Crippen LogP contribution >= 0.6 is 23.2 Å². The minimum absolute atomic E-state index is 0.0427. The van der Waals surface area contributed by atoms with Gasteiger partial charge in [-0.3, -0.25) is 4.79 Å². The summed E-state index contributed by atoms with van der Waals surface area (Å²) < 4.78 is 13.2. The first-order valence-electron chi connectivity index (χ1n) is 8.76. The molecule has 0 spiro atoms. The monoisotopic (exact) mass is 392 g/mol. The summed E-state index contributed by atoms with van der Waals surface area (Å²) in [7, 11) is 0. The van der Waals surface area contributed by atoms with Gasteiger partial charge in [-0.1, -0.05) is 35.3 Å². The highest BCUT2D eigenvalue weighted by Gasteiger charge is 2.43. The van der Waals surface area contributed by atoms with E-state index in [0.29, 0.717) is 27.2 Å². The molecule has 136 valence electrons. The Morgan fingerprint density at radius 1 is 1.04 bits per heavy atom. The highest BCUT2D eigenvalue weighted by atomic mass is 35.5. The number of nitrogen functional groups attached to an aromatic ring is 1. The quantitative estimate of drug-likeness (QED) is 0.707. The summed E-state index contributed by atoms with van der Waals surface area (Å²) in [5.74, 6) is 0.0936. The average molecular weight is 393 g/mol. The molecule has 3 nitrogen and oxygen atoms in total. The second-order valence-electron chi connectivity index (χ2n) is 7.17. The van der Waals surface area contributed by atoms with Gasteiger partial charge in [0.05, 0.1) is 15.7 Å². The molecule has 2 aromatic carbocycles. The Morgan fingerprint density at radius 3 is 2.12 bits per heavy atom. The number of carbonyl (C=O) groups excluding carboxylic acids is 1. The molecule has 2 aliphatic rings. The number of halogens is 3. The minimum Gasteiger partial charge on any atom is -0.396 e. The Labute approximate surface area is 161 Å². The molecule has 1 amide bonds. The summed E-state index contributed by atoms with van der Waals surface area (Å²) in [6.07, 6.45) is 3.77. The zero-order chi connectivity index (χ0) is 18.4. The van der Waals surface area contributed by atoms with Crippen molar-refractivity contribution < 1.29 is 9.18 Å². The van der Waals surface area contributed by atoms with Crippen LogP contribution in [0.1, 0.15) is 47.5 Å². The Hall–Kier alpha value is -1.78. The van der Waals surface area contributed by atoms with Gasteiger partial charge in [0.2, 0.25) is 0 Å². The minimum atomic E-state index is -0.221. The third-order valence-electron chi connectivity index (χ3n) is 5.64. The van der Waals surface area contributed by atoms with Gasteiger partial charge in [-0.15, -0.1) is 0 Å². The molecule has 2 atom stereocenters.